The third kappa shape index (κ3) is 3.69. The van der Waals surface area contributed by atoms with E-state index in [-0.39, 0.29) is 29.6 Å². The third-order valence-electron chi connectivity index (χ3n) is 6.38. The van der Waals surface area contributed by atoms with Gasteiger partial charge in [-0.05, 0) is 50.3 Å². The number of hydrogen-bond acceptors (Lipinski definition) is 4. The topological polar surface area (TPSA) is 59.1 Å². The van der Waals surface area contributed by atoms with Crippen LogP contribution in [0.2, 0.25) is 0 Å². The first-order chi connectivity index (χ1) is 13.6. The number of rotatable bonds is 5. The number of piperidine rings is 1. The molecule has 0 N–H and O–H groups in total. The molecule has 0 radical (unpaired) electrons. The molecule has 1 aromatic rings. The van der Waals surface area contributed by atoms with E-state index in [1.165, 1.54) is 6.42 Å². The average Bonchev–Trinajstić information content (AvgIpc) is 3.51. The van der Waals surface area contributed by atoms with Gasteiger partial charge in [-0.1, -0.05) is 0 Å². The van der Waals surface area contributed by atoms with Crippen LogP contribution in [-0.4, -0.2) is 62.0 Å². The fourth-order valence-corrected chi connectivity index (χ4v) is 4.62. The molecular weight excluding hydrogens is 356 g/mol. The highest BCUT2D eigenvalue weighted by molar-refractivity contribution is 5.85. The minimum absolute atomic E-state index is 0.0674. The molecule has 3 fully saturated rings. The molecule has 0 aromatic heterocycles. The summed E-state index contributed by atoms with van der Waals surface area (Å²) in [7, 11) is 3.29. The molecule has 6 nitrogen and oxygen atoms in total. The van der Waals surface area contributed by atoms with E-state index in [9.17, 15) is 9.59 Å². The molecule has 2 atom stereocenters. The number of methoxy groups -OCH3 is 2. The van der Waals surface area contributed by atoms with Gasteiger partial charge < -0.3 is 19.3 Å². The summed E-state index contributed by atoms with van der Waals surface area (Å²) in [6.45, 7) is 2.74. The summed E-state index contributed by atoms with van der Waals surface area (Å²) in [5.41, 5.74) is 0.961. The number of likely N-dealkylation sites (tertiary alicyclic amines) is 2. The minimum Gasteiger partial charge on any atom is -0.497 e. The Hall–Kier alpha value is -2.24. The maximum atomic E-state index is 13.4. The molecule has 0 bridgehead atoms. The van der Waals surface area contributed by atoms with Gasteiger partial charge in [0.1, 0.15) is 11.5 Å². The summed E-state index contributed by atoms with van der Waals surface area (Å²) >= 11 is 0. The lowest BCUT2D eigenvalue weighted by Crippen LogP contribution is -2.42. The molecule has 2 aliphatic heterocycles. The lowest BCUT2D eigenvalue weighted by atomic mass is 9.86. The maximum absolute atomic E-state index is 13.4. The van der Waals surface area contributed by atoms with Crippen molar-refractivity contribution in [3.05, 3.63) is 23.8 Å². The third-order valence-corrected chi connectivity index (χ3v) is 6.38. The predicted molar refractivity (Wildman–Crippen MR) is 106 cm³/mol. The molecule has 4 rings (SSSR count). The van der Waals surface area contributed by atoms with E-state index in [4.69, 9.17) is 9.47 Å². The van der Waals surface area contributed by atoms with E-state index in [2.05, 4.69) is 0 Å². The molecule has 2 unspecified atom stereocenters. The molecule has 6 heteroatoms. The zero-order valence-electron chi connectivity index (χ0n) is 16.9. The van der Waals surface area contributed by atoms with Crippen LogP contribution in [0.25, 0.3) is 0 Å². The fraction of sp³-hybridized carbons (Fsp3) is 0.636. The van der Waals surface area contributed by atoms with Crippen molar-refractivity contribution in [3.8, 4) is 11.5 Å². The second-order valence-corrected chi connectivity index (χ2v) is 8.22. The molecule has 0 spiro atoms. The van der Waals surface area contributed by atoms with Gasteiger partial charge in [-0.25, -0.2) is 0 Å². The Labute approximate surface area is 166 Å². The lowest BCUT2D eigenvalue weighted by molar-refractivity contribution is -0.137. The van der Waals surface area contributed by atoms with E-state index >= 15 is 0 Å². The summed E-state index contributed by atoms with van der Waals surface area (Å²) in [5, 5.41) is 0. The summed E-state index contributed by atoms with van der Waals surface area (Å²) in [6.07, 6.45) is 5.28. The predicted octanol–water partition coefficient (Wildman–Crippen LogP) is 2.67. The highest BCUT2D eigenvalue weighted by atomic mass is 16.5. The lowest BCUT2D eigenvalue weighted by Gasteiger charge is -2.31. The van der Waals surface area contributed by atoms with E-state index in [0.717, 1.165) is 55.8 Å². The number of carbonyl (C=O) groups is 2. The van der Waals surface area contributed by atoms with Gasteiger partial charge in [0.2, 0.25) is 11.8 Å². The zero-order valence-corrected chi connectivity index (χ0v) is 16.9. The Morgan fingerprint density at radius 1 is 0.929 bits per heavy atom. The zero-order chi connectivity index (χ0) is 19.7. The summed E-state index contributed by atoms with van der Waals surface area (Å²) in [6, 6.07) is 5.72. The largest absolute Gasteiger partial charge is 0.497 e. The molecule has 2 saturated heterocycles. The number of hydrogen-bond donors (Lipinski definition) is 0. The standard InChI is InChI=1S/C22H30N2O4/c1-27-16-8-9-20(28-2)17(12-16)18-13-24(21(25)15-6-7-15)14-19(18)22(26)23-10-4-3-5-11-23/h8-9,12,15,18-19H,3-7,10-11,13-14H2,1-2H3. The normalized spacial score (nSPS) is 24.9. The summed E-state index contributed by atoms with van der Waals surface area (Å²) in [5.74, 6) is 1.76. The van der Waals surface area contributed by atoms with E-state index in [1.807, 2.05) is 28.0 Å². The monoisotopic (exact) mass is 386 g/mol. The Bertz CT molecular complexity index is 740. The van der Waals surface area contributed by atoms with Crippen LogP contribution in [0, 0.1) is 11.8 Å². The Kier molecular flexibility index (Phi) is 5.47. The second-order valence-electron chi connectivity index (χ2n) is 8.22. The van der Waals surface area contributed by atoms with Crippen molar-refractivity contribution in [2.24, 2.45) is 11.8 Å². The van der Waals surface area contributed by atoms with E-state index in [0.29, 0.717) is 13.1 Å². The molecule has 2 amide bonds. The maximum Gasteiger partial charge on any atom is 0.228 e. The van der Waals surface area contributed by atoms with Crippen LogP contribution in [0.5, 0.6) is 11.5 Å². The van der Waals surface area contributed by atoms with Gasteiger partial charge in [0, 0.05) is 43.6 Å². The molecule has 3 aliphatic rings. The fourth-order valence-electron chi connectivity index (χ4n) is 4.62. The quantitative estimate of drug-likeness (QED) is 0.781. The number of nitrogens with zero attached hydrogens (tertiary/aromatic N) is 2. The first-order valence-corrected chi connectivity index (χ1v) is 10.4. The van der Waals surface area contributed by atoms with Gasteiger partial charge in [0.25, 0.3) is 0 Å². The Morgan fingerprint density at radius 3 is 2.32 bits per heavy atom. The van der Waals surface area contributed by atoms with E-state index < -0.39 is 0 Å². The van der Waals surface area contributed by atoms with Crippen molar-refractivity contribution >= 4 is 11.8 Å². The molecule has 2 heterocycles. The van der Waals surface area contributed by atoms with Gasteiger partial charge >= 0.3 is 0 Å². The Balaban J connectivity index is 1.65. The van der Waals surface area contributed by atoms with Crippen molar-refractivity contribution in [3.63, 3.8) is 0 Å². The van der Waals surface area contributed by atoms with Crippen LogP contribution >= 0.6 is 0 Å². The van der Waals surface area contributed by atoms with Gasteiger partial charge in [-0.2, -0.15) is 0 Å². The second kappa shape index (κ2) is 8.02. The van der Waals surface area contributed by atoms with Gasteiger partial charge in [0.05, 0.1) is 20.1 Å². The average molecular weight is 386 g/mol. The van der Waals surface area contributed by atoms with Crippen LogP contribution in [0.3, 0.4) is 0 Å². The number of ether oxygens (including phenoxy) is 2. The molecule has 152 valence electrons. The van der Waals surface area contributed by atoms with Crippen LogP contribution < -0.4 is 9.47 Å². The van der Waals surface area contributed by atoms with Crippen molar-refractivity contribution in [2.45, 2.75) is 38.0 Å². The van der Waals surface area contributed by atoms with Crippen LogP contribution in [-0.2, 0) is 9.59 Å². The van der Waals surface area contributed by atoms with Crippen molar-refractivity contribution in [1.29, 1.82) is 0 Å². The summed E-state index contributed by atoms with van der Waals surface area (Å²) in [4.78, 5) is 30.1. The highest BCUT2D eigenvalue weighted by Gasteiger charge is 2.45. The molecule has 1 saturated carbocycles. The Morgan fingerprint density at radius 2 is 1.68 bits per heavy atom. The van der Waals surface area contributed by atoms with Crippen LogP contribution in [0.1, 0.15) is 43.6 Å². The van der Waals surface area contributed by atoms with Gasteiger partial charge in [-0.3, -0.25) is 9.59 Å². The number of carbonyl (C=O) groups excluding carboxylic acids is 2. The van der Waals surface area contributed by atoms with Crippen LogP contribution in [0.15, 0.2) is 18.2 Å². The van der Waals surface area contributed by atoms with Crippen molar-refractivity contribution in [2.75, 3.05) is 40.4 Å². The number of amides is 2. The first-order valence-electron chi connectivity index (χ1n) is 10.4. The van der Waals surface area contributed by atoms with E-state index in [1.54, 1.807) is 14.2 Å². The minimum atomic E-state index is -0.221. The summed E-state index contributed by atoms with van der Waals surface area (Å²) < 4.78 is 11.0. The smallest absolute Gasteiger partial charge is 0.228 e. The molecule has 28 heavy (non-hydrogen) atoms. The highest BCUT2D eigenvalue weighted by Crippen LogP contribution is 2.42. The number of benzene rings is 1. The van der Waals surface area contributed by atoms with Gasteiger partial charge in [-0.15, -0.1) is 0 Å². The van der Waals surface area contributed by atoms with Gasteiger partial charge in [0.15, 0.2) is 0 Å². The van der Waals surface area contributed by atoms with Crippen molar-refractivity contribution < 1.29 is 19.1 Å². The molecule has 1 aromatic carbocycles. The first kappa shape index (κ1) is 19.1. The SMILES string of the molecule is COc1ccc(OC)c(C2CN(C(=O)C3CC3)CC2C(=O)N2CCCCC2)c1. The molecular formula is C22H30N2O4. The van der Waals surface area contributed by atoms with Crippen LogP contribution in [0.4, 0.5) is 0 Å². The molecule has 1 aliphatic carbocycles. The van der Waals surface area contributed by atoms with Crippen molar-refractivity contribution in [1.82, 2.24) is 9.80 Å².